The second-order valence-corrected chi connectivity index (χ2v) is 4.83. The Morgan fingerprint density at radius 1 is 0.875 bits per heavy atom. The third kappa shape index (κ3) is 1.81. The Labute approximate surface area is 95.3 Å². The van der Waals surface area contributed by atoms with Crippen LogP contribution >= 0.6 is 0 Å². The van der Waals surface area contributed by atoms with Crippen molar-refractivity contribution in [1.82, 2.24) is 0 Å². The van der Waals surface area contributed by atoms with Crippen LogP contribution in [0.5, 0.6) is 0 Å². The molecule has 0 aromatic carbocycles. The van der Waals surface area contributed by atoms with Crippen molar-refractivity contribution < 1.29 is 19.1 Å². The fourth-order valence-corrected chi connectivity index (χ4v) is 3.31. The molecule has 4 unspecified atom stereocenters. The molecule has 3 saturated carbocycles. The Kier molecular flexibility index (Phi) is 3.17. The third-order valence-corrected chi connectivity index (χ3v) is 4.17. The highest BCUT2D eigenvalue weighted by atomic mass is 16.5. The summed E-state index contributed by atoms with van der Waals surface area (Å²) in [5.74, 6) is 0.397. The van der Waals surface area contributed by atoms with Crippen LogP contribution in [0, 0.1) is 23.7 Å². The van der Waals surface area contributed by atoms with Gasteiger partial charge in [-0.3, -0.25) is 9.59 Å². The number of esters is 2. The predicted molar refractivity (Wildman–Crippen MR) is 56.5 cm³/mol. The molecule has 3 fully saturated rings. The fourth-order valence-electron chi connectivity index (χ4n) is 3.31. The maximum Gasteiger partial charge on any atom is 0.308 e. The Bertz CT molecular complexity index is 269. The summed E-state index contributed by atoms with van der Waals surface area (Å²) in [5.41, 5.74) is 0. The van der Waals surface area contributed by atoms with E-state index in [1.807, 2.05) is 0 Å². The van der Waals surface area contributed by atoms with Crippen molar-refractivity contribution in [2.75, 3.05) is 14.2 Å². The van der Waals surface area contributed by atoms with Crippen molar-refractivity contribution in [3.63, 3.8) is 0 Å². The van der Waals surface area contributed by atoms with Gasteiger partial charge in [-0.1, -0.05) is 0 Å². The first-order valence-corrected chi connectivity index (χ1v) is 5.83. The van der Waals surface area contributed by atoms with Gasteiger partial charge in [-0.05, 0) is 37.5 Å². The van der Waals surface area contributed by atoms with Crippen LogP contribution in [0.15, 0.2) is 0 Å². The molecule has 4 nitrogen and oxygen atoms in total. The van der Waals surface area contributed by atoms with Crippen LogP contribution in [0.4, 0.5) is 0 Å². The molecular formula is C12H18O4. The number of fused-ring (bicyclic) bond motifs is 3. The average molecular weight is 226 g/mol. The van der Waals surface area contributed by atoms with Gasteiger partial charge in [0.05, 0.1) is 26.1 Å². The van der Waals surface area contributed by atoms with Crippen molar-refractivity contribution in [1.29, 1.82) is 0 Å². The summed E-state index contributed by atoms with van der Waals surface area (Å²) in [5, 5.41) is 0. The van der Waals surface area contributed by atoms with Crippen LogP contribution in [-0.2, 0) is 19.1 Å². The van der Waals surface area contributed by atoms with Gasteiger partial charge in [0.15, 0.2) is 0 Å². The van der Waals surface area contributed by atoms with Crippen LogP contribution in [0.3, 0.4) is 0 Å². The molecule has 0 aliphatic heterocycles. The Balaban J connectivity index is 2.06. The minimum absolute atomic E-state index is 0.00431. The van der Waals surface area contributed by atoms with Crippen molar-refractivity contribution in [3.8, 4) is 0 Å². The van der Waals surface area contributed by atoms with Crippen LogP contribution in [0.1, 0.15) is 25.7 Å². The number of hydrogen-bond donors (Lipinski definition) is 0. The van der Waals surface area contributed by atoms with Crippen LogP contribution in [0.2, 0.25) is 0 Å². The van der Waals surface area contributed by atoms with Crippen LogP contribution in [-0.4, -0.2) is 26.2 Å². The Hall–Kier alpha value is -1.06. The van der Waals surface area contributed by atoms with Crippen molar-refractivity contribution in [3.05, 3.63) is 0 Å². The first kappa shape index (κ1) is 11.4. The molecule has 4 atom stereocenters. The van der Waals surface area contributed by atoms with Crippen molar-refractivity contribution in [2.24, 2.45) is 23.7 Å². The quantitative estimate of drug-likeness (QED) is 0.667. The van der Waals surface area contributed by atoms with Gasteiger partial charge in [-0.25, -0.2) is 0 Å². The number of ether oxygens (including phenoxy) is 2. The topological polar surface area (TPSA) is 52.6 Å². The lowest BCUT2D eigenvalue weighted by Gasteiger charge is -2.44. The van der Waals surface area contributed by atoms with Gasteiger partial charge >= 0.3 is 11.9 Å². The molecule has 0 N–H and O–H groups in total. The molecular weight excluding hydrogens is 208 g/mol. The van der Waals surface area contributed by atoms with Gasteiger partial charge in [0.2, 0.25) is 0 Å². The van der Waals surface area contributed by atoms with Gasteiger partial charge < -0.3 is 9.47 Å². The van der Waals surface area contributed by atoms with E-state index in [4.69, 9.17) is 9.47 Å². The van der Waals surface area contributed by atoms with Crippen LogP contribution in [0.25, 0.3) is 0 Å². The Morgan fingerprint density at radius 2 is 1.25 bits per heavy atom. The lowest BCUT2D eigenvalue weighted by atomic mass is 9.60. The van der Waals surface area contributed by atoms with Gasteiger partial charge in [-0.2, -0.15) is 0 Å². The van der Waals surface area contributed by atoms with Crippen LogP contribution < -0.4 is 0 Å². The van der Waals surface area contributed by atoms with E-state index in [0.717, 1.165) is 25.7 Å². The zero-order chi connectivity index (χ0) is 11.7. The SMILES string of the molecule is COC(=O)C1CC2CCC1CC2C(=O)OC. The van der Waals surface area contributed by atoms with Gasteiger partial charge in [0.1, 0.15) is 0 Å². The lowest BCUT2D eigenvalue weighted by molar-refractivity contribution is -0.161. The minimum Gasteiger partial charge on any atom is -0.469 e. The second kappa shape index (κ2) is 4.44. The molecule has 0 aromatic rings. The van der Waals surface area contributed by atoms with E-state index in [0.29, 0.717) is 11.8 Å². The normalized spacial score (nSPS) is 36.9. The average Bonchev–Trinajstić information content (AvgIpc) is 2.37. The number of methoxy groups -OCH3 is 2. The van der Waals surface area contributed by atoms with E-state index in [1.54, 1.807) is 0 Å². The number of hydrogen-bond acceptors (Lipinski definition) is 4. The molecule has 0 saturated heterocycles. The van der Waals surface area contributed by atoms with Crippen molar-refractivity contribution in [2.45, 2.75) is 25.7 Å². The van der Waals surface area contributed by atoms with E-state index in [9.17, 15) is 9.59 Å². The minimum atomic E-state index is -0.113. The summed E-state index contributed by atoms with van der Waals surface area (Å²) >= 11 is 0. The summed E-state index contributed by atoms with van der Waals surface area (Å²) in [4.78, 5) is 23.1. The molecule has 0 amide bonds. The van der Waals surface area contributed by atoms with E-state index in [2.05, 4.69) is 0 Å². The summed E-state index contributed by atoms with van der Waals surface area (Å²) in [6.45, 7) is 0. The van der Waals surface area contributed by atoms with E-state index in [1.165, 1.54) is 14.2 Å². The third-order valence-electron chi connectivity index (χ3n) is 4.17. The molecule has 3 aliphatic carbocycles. The molecule has 0 radical (unpaired) electrons. The number of rotatable bonds is 2. The molecule has 4 heteroatoms. The first-order valence-electron chi connectivity index (χ1n) is 5.83. The van der Waals surface area contributed by atoms with Gasteiger partial charge in [0.25, 0.3) is 0 Å². The lowest BCUT2D eigenvalue weighted by Crippen LogP contribution is -2.44. The highest BCUT2D eigenvalue weighted by Gasteiger charge is 2.47. The highest BCUT2D eigenvalue weighted by Crippen LogP contribution is 2.48. The van der Waals surface area contributed by atoms with Crippen molar-refractivity contribution >= 4 is 11.9 Å². The largest absolute Gasteiger partial charge is 0.469 e. The predicted octanol–water partition coefficient (Wildman–Crippen LogP) is 1.38. The standard InChI is InChI=1S/C12H18O4/c1-15-11(13)9-5-8-4-3-7(9)6-10(8)12(14)16-2/h7-10H,3-6H2,1-2H3. The van der Waals surface area contributed by atoms with E-state index in [-0.39, 0.29) is 23.8 Å². The van der Waals surface area contributed by atoms with E-state index < -0.39 is 0 Å². The molecule has 0 heterocycles. The molecule has 2 bridgehead atoms. The fraction of sp³-hybridized carbons (Fsp3) is 0.833. The summed E-state index contributed by atoms with van der Waals surface area (Å²) in [6, 6.07) is 0. The van der Waals surface area contributed by atoms with E-state index >= 15 is 0 Å². The molecule has 16 heavy (non-hydrogen) atoms. The molecule has 90 valence electrons. The number of carbonyl (C=O) groups excluding carboxylic acids is 2. The maximum absolute atomic E-state index is 11.6. The molecule has 3 aliphatic rings. The second-order valence-electron chi connectivity index (χ2n) is 4.83. The molecule has 0 aromatic heterocycles. The van der Waals surface area contributed by atoms with Gasteiger partial charge in [-0.15, -0.1) is 0 Å². The first-order chi connectivity index (χ1) is 7.67. The molecule has 3 rings (SSSR count). The smallest absolute Gasteiger partial charge is 0.308 e. The highest BCUT2D eigenvalue weighted by molar-refractivity contribution is 5.76. The Morgan fingerprint density at radius 3 is 1.50 bits per heavy atom. The molecule has 0 spiro atoms. The number of carbonyl (C=O) groups is 2. The summed E-state index contributed by atoms with van der Waals surface area (Å²) < 4.78 is 9.62. The monoisotopic (exact) mass is 226 g/mol. The maximum atomic E-state index is 11.6. The zero-order valence-corrected chi connectivity index (χ0v) is 9.77. The summed E-state index contributed by atoms with van der Waals surface area (Å²) in [6.07, 6.45) is 3.66. The van der Waals surface area contributed by atoms with Gasteiger partial charge in [0, 0.05) is 0 Å². The zero-order valence-electron chi connectivity index (χ0n) is 9.77. The summed E-state index contributed by atoms with van der Waals surface area (Å²) in [7, 11) is 2.87.